The predicted molar refractivity (Wildman–Crippen MR) is 111 cm³/mol. The number of carbonyl (C=O) groups is 2. The highest BCUT2D eigenvalue weighted by Gasteiger charge is 2.18. The molecule has 8 heteroatoms. The van der Waals surface area contributed by atoms with Crippen molar-refractivity contribution in [2.45, 2.75) is 13.0 Å². The number of methoxy groups -OCH3 is 3. The lowest BCUT2D eigenvalue weighted by Crippen LogP contribution is -2.29. The van der Waals surface area contributed by atoms with Crippen LogP contribution in [0.3, 0.4) is 0 Å². The molecule has 7 nitrogen and oxygen atoms in total. The van der Waals surface area contributed by atoms with Crippen molar-refractivity contribution < 1.29 is 28.5 Å². The predicted octanol–water partition coefficient (Wildman–Crippen LogP) is 3.95. The second kappa shape index (κ2) is 10.4. The number of nitrogens with one attached hydrogen (secondary N) is 1. The van der Waals surface area contributed by atoms with Crippen LogP contribution in [0, 0.1) is 0 Å². The van der Waals surface area contributed by atoms with Crippen molar-refractivity contribution in [3.63, 3.8) is 0 Å². The van der Waals surface area contributed by atoms with Crippen molar-refractivity contribution in [2.75, 3.05) is 26.6 Å². The minimum atomic E-state index is -1.03. The lowest BCUT2D eigenvalue weighted by Gasteiger charge is -2.14. The normalized spacial score (nSPS) is 11.6. The molecule has 0 radical (unpaired) electrons. The smallest absolute Gasteiger partial charge is 0.331 e. The average molecular weight is 420 g/mol. The van der Waals surface area contributed by atoms with Crippen LogP contribution in [0.5, 0.6) is 17.2 Å². The van der Waals surface area contributed by atoms with Crippen LogP contribution in [-0.2, 0) is 14.3 Å². The second-order valence-corrected chi connectivity index (χ2v) is 6.33. The summed E-state index contributed by atoms with van der Waals surface area (Å²) in [4.78, 5) is 24.4. The van der Waals surface area contributed by atoms with Crippen molar-refractivity contribution in [1.82, 2.24) is 0 Å². The maximum Gasteiger partial charge on any atom is 0.331 e. The maximum atomic E-state index is 12.3. The number of halogens is 1. The SMILES string of the molecule is COc1cc(/C=C/C(=O)O[C@@H](C)C(=O)Nc2cc(Cl)ccc2OC)cc(OC)c1. The molecule has 0 aliphatic carbocycles. The summed E-state index contributed by atoms with van der Waals surface area (Å²) in [7, 11) is 4.54. The molecule has 0 aliphatic rings. The number of rotatable bonds is 8. The molecule has 1 atom stereocenters. The Balaban J connectivity index is 2.01. The van der Waals surface area contributed by atoms with Crippen LogP contribution in [0.25, 0.3) is 6.08 Å². The first-order valence-corrected chi connectivity index (χ1v) is 9.00. The van der Waals surface area contributed by atoms with Crippen LogP contribution in [0.1, 0.15) is 12.5 Å². The first kappa shape index (κ1) is 22.1. The fraction of sp³-hybridized carbons (Fsp3) is 0.238. The van der Waals surface area contributed by atoms with Gasteiger partial charge in [-0.1, -0.05) is 11.6 Å². The number of hydrogen-bond donors (Lipinski definition) is 1. The minimum absolute atomic E-state index is 0.381. The number of carbonyl (C=O) groups excluding carboxylic acids is 2. The molecular formula is C21H22ClNO6. The number of esters is 1. The third-order valence-corrected chi connectivity index (χ3v) is 4.10. The summed E-state index contributed by atoms with van der Waals surface area (Å²) >= 11 is 5.94. The van der Waals surface area contributed by atoms with E-state index in [1.807, 2.05) is 0 Å². The maximum absolute atomic E-state index is 12.3. The van der Waals surface area contributed by atoms with E-state index in [1.54, 1.807) is 36.4 Å². The summed E-state index contributed by atoms with van der Waals surface area (Å²) in [5.74, 6) is 0.414. The van der Waals surface area contributed by atoms with E-state index in [0.717, 1.165) is 0 Å². The number of benzene rings is 2. The van der Waals surface area contributed by atoms with E-state index in [4.69, 9.17) is 30.5 Å². The zero-order chi connectivity index (χ0) is 21.4. The first-order valence-electron chi connectivity index (χ1n) is 8.62. The van der Waals surface area contributed by atoms with E-state index in [0.29, 0.717) is 33.5 Å². The molecular weight excluding hydrogens is 398 g/mol. The lowest BCUT2D eigenvalue weighted by atomic mass is 10.2. The molecule has 0 aromatic heterocycles. The number of amides is 1. The fourth-order valence-corrected chi connectivity index (χ4v) is 2.54. The quantitative estimate of drug-likeness (QED) is 0.515. The Morgan fingerprint density at radius 1 is 1.00 bits per heavy atom. The van der Waals surface area contributed by atoms with Gasteiger partial charge in [0.05, 0.1) is 27.0 Å². The molecule has 0 heterocycles. The summed E-state index contributed by atoms with van der Waals surface area (Å²) in [6.07, 6.45) is 1.73. The van der Waals surface area contributed by atoms with E-state index in [2.05, 4.69) is 5.32 Å². The third kappa shape index (κ3) is 6.43. The second-order valence-electron chi connectivity index (χ2n) is 5.89. The Morgan fingerprint density at radius 2 is 1.66 bits per heavy atom. The van der Waals surface area contributed by atoms with Crippen molar-refractivity contribution in [2.24, 2.45) is 0 Å². The molecule has 2 aromatic carbocycles. The van der Waals surface area contributed by atoms with Gasteiger partial charge in [-0.3, -0.25) is 4.79 Å². The Morgan fingerprint density at radius 3 is 2.24 bits per heavy atom. The van der Waals surface area contributed by atoms with Crippen molar-refractivity contribution >= 4 is 35.2 Å². The number of hydrogen-bond acceptors (Lipinski definition) is 6. The van der Waals surface area contributed by atoms with Gasteiger partial charge in [-0.15, -0.1) is 0 Å². The molecule has 0 spiro atoms. The van der Waals surface area contributed by atoms with Gasteiger partial charge in [-0.25, -0.2) is 4.79 Å². The van der Waals surface area contributed by atoms with E-state index in [1.165, 1.54) is 40.4 Å². The van der Waals surface area contributed by atoms with E-state index < -0.39 is 18.0 Å². The van der Waals surface area contributed by atoms with Gasteiger partial charge in [0.2, 0.25) is 0 Å². The Labute approximate surface area is 174 Å². The highest BCUT2D eigenvalue weighted by molar-refractivity contribution is 6.31. The molecule has 29 heavy (non-hydrogen) atoms. The van der Waals surface area contributed by atoms with Gasteiger partial charge in [0, 0.05) is 17.2 Å². The number of anilines is 1. The van der Waals surface area contributed by atoms with Crippen LogP contribution < -0.4 is 19.5 Å². The van der Waals surface area contributed by atoms with E-state index in [9.17, 15) is 9.59 Å². The van der Waals surface area contributed by atoms with Gasteiger partial charge < -0.3 is 24.3 Å². The first-order chi connectivity index (χ1) is 13.9. The molecule has 2 aromatic rings. The van der Waals surface area contributed by atoms with Crippen LogP contribution in [0.2, 0.25) is 5.02 Å². The van der Waals surface area contributed by atoms with Crippen LogP contribution >= 0.6 is 11.6 Å². The topological polar surface area (TPSA) is 83.1 Å². The molecule has 0 saturated heterocycles. The van der Waals surface area contributed by atoms with Crippen molar-refractivity contribution in [1.29, 1.82) is 0 Å². The molecule has 0 unspecified atom stereocenters. The Kier molecular flexibility index (Phi) is 7.91. The van der Waals surface area contributed by atoms with Crippen LogP contribution in [-0.4, -0.2) is 39.3 Å². The van der Waals surface area contributed by atoms with Gasteiger partial charge in [0.25, 0.3) is 5.91 Å². The van der Waals surface area contributed by atoms with Crippen molar-refractivity contribution in [3.05, 3.63) is 53.1 Å². The zero-order valence-electron chi connectivity index (χ0n) is 16.5. The highest BCUT2D eigenvalue weighted by Crippen LogP contribution is 2.28. The molecule has 154 valence electrons. The van der Waals surface area contributed by atoms with Gasteiger partial charge >= 0.3 is 5.97 Å². The minimum Gasteiger partial charge on any atom is -0.497 e. The summed E-state index contributed by atoms with van der Waals surface area (Å²) in [6, 6.07) is 9.98. The Bertz CT molecular complexity index is 890. The largest absolute Gasteiger partial charge is 0.497 e. The van der Waals surface area contributed by atoms with Gasteiger partial charge in [-0.2, -0.15) is 0 Å². The Hall–Kier alpha value is -3.19. The van der Waals surface area contributed by atoms with Crippen LogP contribution in [0.15, 0.2) is 42.5 Å². The molecule has 0 aliphatic heterocycles. The number of ether oxygens (including phenoxy) is 4. The monoisotopic (exact) mass is 419 g/mol. The van der Waals surface area contributed by atoms with Gasteiger partial charge in [0.1, 0.15) is 17.2 Å². The molecule has 0 bridgehead atoms. The van der Waals surface area contributed by atoms with Gasteiger partial charge in [0.15, 0.2) is 6.10 Å². The summed E-state index contributed by atoms with van der Waals surface area (Å²) in [5.41, 5.74) is 1.06. The molecule has 2 rings (SSSR count). The highest BCUT2D eigenvalue weighted by atomic mass is 35.5. The molecule has 1 amide bonds. The molecule has 0 fully saturated rings. The lowest BCUT2D eigenvalue weighted by molar-refractivity contribution is -0.148. The standard InChI is InChI=1S/C21H22ClNO6/c1-13(21(25)23-18-11-15(22)6-7-19(18)28-4)29-20(24)8-5-14-9-16(26-2)12-17(10-14)27-3/h5-13H,1-4H3,(H,23,25)/b8-5+/t13-/m0/s1. The zero-order valence-corrected chi connectivity index (χ0v) is 17.3. The summed E-state index contributed by atoms with van der Waals surface area (Å²) in [6.45, 7) is 1.46. The molecule has 0 saturated carbocycles. The van der Waals surface area contributed by atoms with Gasteiger partial charge in [-0.05, 0) is 48.9 Å². The van der Waals surface area contributed by atoms with E-state index >= 15 is 0 Å². The fourth-order valence-electron chi connectivity index (χ4n) is 2.37. The average Bonchev–Trinajstić information content (AvgIpc) is 2.72. The summed E-state index contributed by atoms with van der Waals surface area (Å²) < 4.78 is 20.7. The van der Waals surface area contributed by atoms with Crippen molar-refractivity contribution in [3.8, 4) is 17.2 Å². The third-order valence-electron chi connectivity index (χ3n) is 3.87. The van der Waals surface area contributed by atoms with Crippen LogP contribution in [0.4, 0.5) is 5.69 Å². The molecule has 1 N–H and O–H groups in total. The summed E-state index contributed by atoms with van der Waals surface area (Å²) in [5, 5.41) is 3.06. The van der Waals surface area contributed by atoms with E-state index in [-0.39, 0.29) is 0 Å².